The summed E-state index contributed by atoms with van der Waals surface area (Å²) in [7, 11) is -0.210. The van der Waals surface area contributed by atoms with Gasteiger partial charge in [0.2, 0.25) is 0 Å². The Morgan fingerprint density at radius 3 is 0.969 bits per heavy atom. The zero-order chi connectivity index (χ0) is 21.2. The molecular formula is C27H27Cl2NiP2. The van der Waals surface area contributed by atoms with Gasteiger partial charge in [0, 0.05) is 0 Å². The van der Waals surface area contributed by atoms with Gasteiger partial charge in [0.15, 0.2) is 0 Å². The zero-order valence-corrected chi connectivity index (χ0v) is 22.4. The van der Waals surface area contributed by atoms with Crippen molar-refractivity contribution in [3.8, 4) is 0 Å². The van der Waals surface area contributed by atoms with E-state index in [9.17, 15) is 0 Å². The predicted molar refractivity (Wildman–Crippen MR) is 133 cm³/mol. The second-order valence-electron chi connectivity index (χ2n) is 7.06. The molecule has 4 aromatic rings. The first-order chi connectivity index (χ1) is 14.7. The molecule has 4 rings (SSSR count). The van der Waals surface area contributed by atoms with E-state index >= 15 is 0 Å². The Kier molecular flexibility index (Phi) is 14.1. The second-order valence-corrected chi connectivity index (χ2v) is 12.7. The molecule has 0 N–H and O–H groups in total. The van der Waals surface area contributed by atoms with Crippen molar-refractivity contribution < 1.29 is 39.8 Å². The molecule has 0 bridgehead atoms. The van der Waals surface area contributed by atoms with E-state index in [0.717, 1.165) is 0 Å². The fourth-order valence-corrected chi connectivity index (χ4v) is 7.66. The van der Waals surface area contributed by atoms with Crippen LogP contribution in [0.4, 0.5) is 0 Å². The Hall–Kier alpha value is -1.19. The van der Waals surface area contributed by atoms with Crippen LogP contribution in [0.15, 0.2) is 121 Å². The summed E-state index contributed by atoms with van der Waals surface area (Å²) in [5.74, 6) is 0. The van der Waals surface area contributed by atoms with E-state index in [2.05, 4.69) is 98.8 Å². The fourth-order valence-electron chi connectivity index (χ4n) is 3.17. The van der Waals surface area contributed by atoms with Gasteiger partial charge in [0.1, 0.15) is 0 Å². The average Bonchev–Trinajstić information content (AvgIpc) is 2.81. The van der Waals surface area contributed by atoms with E-state index in [0.29, 0.717) is 5.66 Å². The van der Waals surface area contributed by atoms with Gasteiger partial charge in [-0.05, 0) is 24.2 Å². The van der Waals surface area contributed by atoms with Crippen molar-refractivity contribution in [2.75, 3.05) is 0 Å². The third-order valence-corrected chi connectivity index (χ3v) is 10.2. The van der Waals surface area contributed by atoms with Gasteiger partial charge in [-0.1, -0.05) is 74.5 Å². The summed E-state index contributed by atoms with van der Waals surface area (Å²) < 4.78 is 0. The van der Waals surface area contributed by atoms with Crippen LogP contribution in [0, 0.1) is 0 Å². The van der Waals surface area contributed by atoms with E-state index in [1.165, 1.54) is 21.2 Å². The topological polar surface area (TPSA) is 0 Å². The van der Waals surface area contributed by atoms with Crippen LogP contribution in [-0.4, -0.2) is 5.66 Å². The Balaban J connectivity index is 0.000000303. The SMILES string of the molecule is CC(C)P(c1ccccc1)c1ccccc1.[Cl-].[Cl-].[Ni+2][P](c1ccccc1)c1ccccc1. The zero-order valence-electron chi connectivity index (χ0n) is 18.1. The maximum atomic E-state index is 5.21. The number of hydrogen-bond donors (Lipinski definition) is 0. The molecule has 0 saturated carbocycles. The van der Waals surface area contributed by atoms with Crippen LogP contribution in [0.25, 0.3) is 0 Å². The predicted octanol–water partition coefficient (Wildman–Crippen LogP) is 0.117. The molecule has 0 aliphatic rings. The van der Waals surface area contributed by atoms with Crippen molar-refractivity contribution in [3.63, 3.8) is 0 Å². The molecule has 0 aliphatic carbocycles. The van der Waals surface area contributed by atoms with Gasteiger partial charge in [-0.25, -0.2) is 0 Å². The Morgan fingerprint density at radius 2 is 0.719 bits per heavy atom. The van der Waals surface area contributed by atoms with Gasteiger partial charge in [-0.2, -0.15) is 0 Å². The van der Waals surface area contributed by atoms with Gasteiger partial charge < -0.3 is 24.8 Å². The maximum absolute atomic E-state index is 5.21. The minimum atomic E-state index is -0.546. The van der Waals surface area contributed by atoms with Crippen LogP contribution in [0.1, 0.15) is 13.8 Å². The second kappa shape index (κ2) is 15.6. The number of rotatable bonds is 5. The summed E-state index contributed by atoms with van der Waals surface area (Å²) in [4.78, 5) is 0. The summed E-state index contributed by atoms with van der Waals surface area (Å²) in [6, 6.07) is 42.4. The van der Waals surface area contributed by atoms with Gasteiger partial charge in [0.25, 0.3) is 0 Å². The van der Waals surface area contributed by atoms with Crippen LogP contribution in [0.5, 0.6) is 0 Å². The molecule has 0 unspecified atom stereocenters. The molecule has 0 spiro atoms. The van der Waals surface area contributed by atoms with Crippen molar-refractivity contribution in [2.45, 2.75) is 19.5 Å². The van der Waals surface area contributed by atoms with E-state index < -0.39 is 6.70 Å². The molecule has 4 aromatic carbocycles. The first kappa shape index (κ1) is 28.8. The van der Waals surface area contributed by atoms with Crippen molar-refractivity contribution in [2.24, 2.45) is 0 Å². The summed E-state index contributed by atoms with van der Waals surface area (Å²) >= 11 is 5.21. The first-order valence-corrected chi connectivity index (χ1v) is 14.0. The summed E-state index contributed by atoms with van der Waals surface area (Å²) in [6.45, 7) is 4.08. The van der Waals surface area contributed by atoms with E-state index in [1.54, 1.807) is 0 Å². The van der Waals surface area contributed by atoms with E-state index in [1.807, 2.05) is 36.4 Å². The Bertz CT molecular complexity index is 906. The normalized spacial score (nSPS) is 10.1. The molecule has 5 heteroatoms. The molecule has 0 atom stereocenters. The van der Waals surface area contributed by atoms with Crippen LogP contribution < -0.4 is 46.0 Å². The molecule has 0 heterocycles. The quantitative estimate of drug-likeness (QED) is 0.248. The molecule has 0 amide bonds. The van der Waals surface area contributed by atoms with Gasteiger partial charge in [-0.3, -0.25) is 0 Å². The van der Waals surface area contributed by atoms with Crippen LogP contribution in [0.3, 0.4) is 0 Å². The minimum absolute atomic E-state index is 0. The van der Waals surface area contributed by atoms with Crippen molar-refractivity contribution >= 4 is 35.8 Å². The molecule has 0 fully saturated rings. The van der Waals surface area contributed by atoms with Crippen molar-refractivity contribution in [3.05, 3.63) is 121 Å². The van der Waals surface area contributed by atoms with Crippen LogP contribution in [-0.2, 0) is 15.0 Å². The average molecular weight is 543 g/mol. The molecule has 0 radical (unpaired) electrons. The Labute approximate surface area is 215 Å². The summed E-state index contributed by atoms with van der Waals surface area (Å²) in [5, 5.41) is 5.49. The molecule has 0 nitrogen and oxygen atoms in total. The van der Waals surface area contributed by atoms with Gasteiger partial charge >= 0.3 is 93.0 Å². The molecule has 0 aromatic heterocycles. The molecule has 0 saturated heterocycles. The Morgan fingerprint density at radius 1 is 0.469 bits per heavy atom. The fraction of sp³-hybridized carbons (Fsp3) is 0.111. The van der Waals surface area contributed by atoms with Crippen molar-refractivity contribution in [1.82, 2.24) is 0 Å². The van der Waals surface area contributed by atoms with Crippen molar-refractivity contribution in [1.29, 1.82) is 0 Å². The molecule has 0 aliphatic heterocycles. The number of hydrogen-bond acceptors (Lipinski definition) is 0. The number of benzene rings is 4. The number of halogens is 2. The van der Waals surface area contributed by atoms with E-state index in [-0.39, 0.29) is 32.7 Å². The van der Waals surface area contributed by atoms with Crippen LogP contribution >= 0.6 is 14.6 Å². The van der Waals surface area contributed by atoms with E-state index in [4.69, 9.17) is 15.0 Å². The summed E-state index contributed by atoms with van der Waals surface area (Å²) in [6.07, 6.45) is 0. The summed E-state index contributed by atoms with van der Waals surface area (Å²) in [5.41, 5.74) is 0.680. The molecular weight excluding hydrogens is 516 g/mol. The molecule has 169 valence electrons. The first-order valence-electron chi connectivity index (χ1n) is 10.1. The van der Waals surface area contributed by atoms with Gasteiger partial charge in [-0.15, -0.1) is 0 Å². The third-order valence-electron chi connectivity index (χ3n) is 4.52. The molecule has 32 heavy (non-hydrogen) atoms. The van der Waals surface area contributed by atoms with Crippen LogP contribution in [0.2, 0.25) is 0 Å². The monoisotopic (exact) mass is 541 g/mol. The standard InChI is InChI=1S/C15H17P.C12H10P.2ClH.Ni/c1-13(2)16(14-9-5-3-6-10-14)15-11-7-4-8-12-15;1-3-7-11(8-4-1)13-12-9-5-2-6-10-12;;;/h3-13H,1-2H3;1-10H;2*1H;/q;-1;;;+3/p-2. The third kappa shape index (κ3) is 8.63. The van der Waals surface area contributed by atoms with Gasteiger partial charge in [0.05, 0.1) is 0 Å².